The van der Waals surface area contributed by atoms with E-state index in [1.807, 2.05) is 18.2 Å². The highest BCUT2D eigenvalue weighted by Crippen LogP contribution is 2.34. The molecule has 0 aliphatic heterocycles. The van der Waals surface area contributed by atoms with Crippen molar-refractivity contribution in [3.8, 4) is 0 Å². The van der Waals surface area contributed by atoms with Gasteiger partial charge in [0.1, 0.15) is 0 Å². The standard InChI is InChI=1S/C16H22N4O/c1-20(14(10-17)13-7-8-13)11-16-18-15(19-21-16)9-12-5-3-2-4-6-12/h2-6,13-14H,7-11,17H2,1H3. The molecule has 0 radical (unpaired) electrons. The Kier molecular flexibility index (Phi) is 4.31. The average Bonchev–Trinajstić information content (AvgIpc) is 3.22. The van der Waals surface area contributed by atoms with Gasteiger partial charge in [-0.05, 0) is 31.4 Å². The third-order valence-electron chi connectivity index (χ3n) is 4.07. The van der Waals surface area contributed by atoms with Crippen molar-refractivity contribution in [3.05, 3.63) is 47.6 Å². The summed E-state index contributed by atoms with van der Waals surface area (Å²) in [7, 11) is 2.08. The molecule has 1 saturated carbocycles. The fraction of sp³-hybridized carbons (Fsp3) is 0.500. The maximum absolute atomic E-state index is 5.87. The highest BCUT2D eigenvalue weighted by atomic mass is 16.5. The number of nitrogens with two attached hydrogens (primary N) is 1. The van der Waals surface area contributed by atoms with Crippen LogP contribution in [0.5, 0.6) is 0 Å². The molecule has 3 rings (SSSR count). The zero-order chi connectivity index (χ0) is 14.7. The first-order valence-corrected chi connectivity index (χ1v) is 7.52. The second-order valence-corrected chi connectivity index (χ2v) is 5.82. The van der Waals surface area contributed by atoms with E-state index in [0.717, 1.165) is 11.7 Å². The van der Waals surface area contributed by atoms with E-state index in [-0.39, 0.29) is 0 Å². The molecule has 2 N–H and O–H groups in total. The van der Waals surface area contributed by atoms with Crippen LogP contribution in [0.4, 0.5) is 0 Å². The third-order valence-corrected chi connectivity index (χ3v) is 4.07. The largest absolute Gasteiger partial charge is 0.338 e. The van der Waals surface area contributed by atoms with Gasteiger partial charge in [-0.25, -0.2) is 0 Å². The lowest BCUT2D eigenvalue weighted by molar-refractivity contribution is 0.189. The van der Waals surface area contributed by atoms with E-state index in [9.17, 15) is 0 Å². The summed E-state index contributed by atoms with van der Waals surface area (Å²) in [6, 6.07) is 10.6. The van der Waals surface area contributed by atoms with Crippen molar-refractivity contribution in [1.82, 2.24) is 15.0 Å². The van der Waals surface area contributed by atoms with Crippen molar-refractivity contribution in [2.24, 2.45) is 11.7 Å². The quantitative estimate of drug-likeness (QED) is 0.841. The van der Waals surface area contributed by atoms with Crippen molar-refractivity contribution in [3.63, 3.8) is 0 Å². The van der Waals surface area contributed by atoms with Crippen LogP contribution >= 0.6 is 0 Å². The topological polar surface area (TPSA) is 68.2 Å². The van der Waals surface area contributed by atoms with Gasteiger partial charge in [0.15, 0.2) is 5.82 Å². The van der Waals surface area contributed by atoms with Gasteiger partial charge in [0, 0.05) is 19.0 Å². The molecule has 1 heterocycles. The Bertz CT molecular complexity index is 565. The van der Waals surface area contributed by atoms with Gasteiger partial charge >= 0.3 is 0 Å². The molecule has 0 amide bonds. The Morgan fingerprint density at radius 2 is 2.10 bits per heavy atom. The van der Waals surface area contributed by atoms with Gasteiger partial charge in [0.05, 0.1) is 6.54 Å². The average molecular weight is 286 g/mol. The minimum atomic E-state index is 0.425. The van der Waals surface area contributed by atoms with Gasteiger partial charge in [-0.15, -0.1) is 0 Å². The van der Waals surface area contributed by atoms with Crippen molar-refractivity contribution >= 4 is 0 Å². The first-order valence-electron chi connectivity index (χ1n) is 7.52. The predicted molar refractivity (Wildman–Crippen MR) is 80.6 cm³/mol. The molecule has 5 heteroatoms. The van der Waals surface area contributed by atoms with E-state index in [1.165, 1.54) is 18.4 Å². The fourth-order valence-corrected chi connectivity index (χ4v) is 2.75. The van der Waals surface area contributed by atoms with E-state index < -0.39 is 0 Å². The summed E-state index contributed by atoms with van der Waals surface area (Å²) < 4.78 is 5.36. The number of likely N-dealkylation sites (N-methyl/N-ethyl adjacent to an activating group) is 1. The Morgan fingerprint density at radius 1 is 1.33 bits per heavy atom. The molecular weight excluding hydrogens is 264 g/mol. The monoisotopic (exact) mass is 286 g/mol. The van der Waals surface area contributed by atoms with E-state index in [2.05, 4.69) is 34.2 Å². The molecule has 1 aliphatic rings. The van der Waals surface area contributed by atoms with Crippen LogP contribution in [-0.2, 0) is 13.0 Å². The maximum Gasteiger partial charge on any atom is 0.240 e. The molecular formula is C16H22N4O. The normalized spacial score (nSPS) is 16.3. The molecule has 112 valence electrons. The van der Waals surface area contributed by atoms with E-state index >= 15 is 0 Å². The fourth-order valence-electron chi connectivity index (χ4n) is 2.75. The predicted octanol–water partition coefficient (Wildman–Crippen LogP) is 1.83. The molecule has 0 spiro atoms. The second kappa shape index (κ2) is 6.37. The first kappa shape index (κ1) is 14.2. The number of aromatic nitrogens is 2. The van der Waals surface area contributed by atoms with Gasteiger partial charge in [-0.2, -0.15) is 4.98 Å². The molecule has 1 aromatic heterocycles. The number of benzene rings is 1. The van der Waals surface area contributed by atoms with Gasteiger partial charge in [-0.3, -0.25) is 4.90 Å². The van der Waals surface area contributed by atoms with E-state index in [4.69, 9.17) is 10.3 Å². The summed E-state index contributed by atoms with van der Waals surface area (Å²) >= 11 is 0. The Hall–Kier alpha value is -1.72. The van der Waals surface area contributed by atoms with Crippen molar-refractivity contribution < 1.29 is 4.52 Å². The summed E-state index contributed by atoms with van der Waals surface area (Å²) in [5, 5.41) is 4.07. The third kappa shape index (κ3) is 3.68. The Balaban J connectivity index is 1.59. The molecule has 0 saturated heterocycles. The molecule has 1 aromatic carbocycles. The zero-order valence-electron chi connectivity index (χ0n) is 12.4. The molecule has 1 unspecified atom stereocenters. The highest BCUT2D eigenvalue weighted by molar-refractivity contribution is 5.18. The van der Waals surface area contributed by atoms with Crippen LogP contribution < -0.4 is 5.73 Å². The summed E-state index contributed by atoms with van der Waals surface area (Å²) in [4.78, 5) is 6.72. The van der Waals surface area contributed by atoms with Crippen LogP contribution in [0.15, 0.2) is 34.9 Å². The minimum Gasteiger partial charge on any atom is -0.338 e. The Morgan fingerprint density at radius 3 is 2.76 bits per heavy atom. The zero-order valence-corrected chi connectivity index (χ0v) is 12.4. The lowest BCUT2D eigenvalue weighted by Crippen LogP contribution is -2.39. The highest BCUT2D eigenvalue weighted by Gasteiger charge is 2.33. The number of rotatable bonds is 7. The van der Waals surface area contributed by atoms with Crippen molar-refractivity contribution in [2.75, 3.05) is 13.6 Å². The minimum absolute atomic E-state index is 0.425. The van der Waals surface area contributed by atoms with Gasteiger partial charge < -0.3 is 10.3 Å². The molecule has 1 atom stereocenters. The lowest BCUT2D eigenvalue weighted by atomic mass is 10.1. The SMILES string of the molecule is CN(Cc1nc(Cc2ccccc2)no1)C(CN)C1CC1. The number of hydrogen-bond acceptors (Lipinski definition) is 5. The molecule has 1 aliphatic carbocycles. The van der Waals surface area contributed by atoms with Crippen LogP contribution in [0, 0.1) is 5.92 Å². The van der Waals surface area contributed by atoms with Crippen molar-refractivity contribution in [2.45, 2.75) is 31.8 Å². The van der Waals surface area contributed by atoms with Crippen LogP contribution in [0.3, 0.4) is 0 Å². The first-order chi connectivity index (χ1) is 10.3. The van der Waals surface area contributed by atoms with Gasteiger partial charge in [0.2, 0.25) is 5.89 Å². The molecule has 21 heavy (non-hydrogen) atoms. The summed E-state index contributed by atoms with van der Waals surface area (Å²) in [6.07, 6.45) is 3.28. The second-order valence-electron chi connectivity index (χ2n) is 5.82. The summed E-state index contributed by atoms with van der Waals surface area (Å²) in [6.45, 7) is 1.35. The number of hydrogen-bond donors (Lipinski definition) is 1. The maximum atomic E-state index is 5.87. The van der Waals surface area contributed by atoms with Crippen molar-refractivity contribution in [1.29, 1.82) is 0 Å². The smallest absolute Gasteiger partial charge is 0.240 e. The summed E-state index contributed by atoms with van der Waals surface area (Å²) in [5.74, 6) is 2.15. The lowest BCUT2D eigenvalue weighted by Gasteiger charge is -2.25. The van der Waals surface area contributed by atoms with Crippen LogP contribution in [0.2, 0.25) is 0 Å². The molecule has 0 bridgehead atoms. The molecule has 5 nitrogen and oxygen atoms in total. The van der Waals surface area contributed by atoms with E-state index in [1.54, 1.807) is 0 Å². The molecule has 1 fully saturated rings. The van der Waals surface area contributed by atoms with Crippen LogP contribution in [0.25, 0.3) is 0 Å². The van der Waals surface area contributed by atoms with Crippen LogP contribution in [0.1, 0.15) is 30.1 Å². The van der Waals surface area contributed by atoms with Gasteiger partial charge in [0.25, 0.3) is 0 Å². The van der Waals surface area contributed by atoms with E-state index in [0.29, 0.717) is 31.4 Å². The van der Waals surface area contributed by atoms with Gasteiger partial charge in [-0.1, -0.05) is 35.5 Å². The molecule has 2 aromatic rings. The van der Waals surface area contributed by atoms with Crippen LogP contribution in [-0.4, -0.2) is 34.7 Å². The Labute approximate surface area is 125 Å². The number of nitrogens with zero attached hydrogens (tertiary/aromatic N) is 3. The summed E-state index contributed by atoms with van der Waals surface area (Å²) in [5.41, 5.74) is 7.06.